The highest BCUT2D eigenvalue weighted by Gasteiger charge is 2.10. The summed E-state index contributed by atoms with van der Waals surface area (Å²) in [5.41, 5.74) is 3.98. The zero-order valence-corrected chi connectivity index (χ0v) is 11.9. The summed E-state index contributed by atoms with van der Waals surface area (Å²) in [6.07, 6.45) is 5.42. The lowest BCUT2D eigenvalue weighted by Crippen LogP contribution is -2.24. The summed E-state index contributed by atoms with van der Waals surface area (Å²) in [7, 11) is 0. The number of aryl methyl sites for hydroxylation is 2. The van der Waals surface area contributed by atoms with Gasteiger partial charge in [-0.15, -0.1) is 0 Å². The molecule has 0 aliphatic carbocycles. The maximum absolute atomic E-state index is 12.2. The number of aromatic amines is 2. The van der Waals surface area contributed by atoms with Crippen molar-refractivity contribution < 1.29 is 4.79 Å². The van der Waals surface area contributed by atoms with Crippen molar-refractivity contribution in [3.8, 4) is 0 Å². The standard InChI is InChI=1S/C16H18N4O/c1-11-12(9-19-20-11)5-4-8-17-16(21)14-10-18-15-7-3-2-6-13(14)15/h2-3,6-7,9-10,18H,4-5,8H2,1H3,(H,17,21)(H,19,20). The van der Waals surface area contributed by atoms with Crippen LogP contribution in [0.4, 0.5) is 0 Å². The van der Waals surface area contributed by atoms with Gasteiger partial charge in [-0.1, -0.05) is 18.2 Å². The molecule has 3 aromatic rings. The van der Waals surface area contributed by atoms with Gasteiger partial charge in [-0.3, -0.25) is 9.89 Å². The maximum Gasteiger partial charge on any atom is 0.253 e. The minimum atomic E-state index is -0.0311. The molecule has 0 aliphatic heterocycles. The molecule has 5 nitrogen and oxygen atoms in total. The molecule has 0 saturated carbocycles. The lowest BCUT2D eigenvalue weighted by Gasteiger charge is -2.04. The number of carbonyl (C=O) groups is 1. The Morgan fingerprint density at radius 3 is 3.00 bits per heavy atom. The van der Waals surface area contributed by atoms with Crippen molar-refractivity contribution in [2.75, 3.05) is 6.54 Å². The molecule has 2 heterocycles. The normalized spacial score (nSPS) is 10.9. The van der Waals surface area contributed by atoms with E-state index < -0.39 is 0 Å². The average molecular weight is 282 g/mol. The van der Waals surface area contributed by atoms with E-state index in [0.717, 1.165) is 29.4 Å². The van der Waals surface area contributed by atoms with Gasteiger partial charge >= 0.3 is 0 Å². The smallest absolute Gasteiger partial charge is 0.253 e. The number of nitrogens with one attached hydrogen (secondary N) is 3. The number of nitrogens with zero attached hydrogens (tertiary/aromatic N) is 1. The van der Waals surface area contributed by atoms with Crippen molar-refractivity contribution >= 4 is 16.8 Å². The first-order valence-electron chi connectivity index (χ1n) is 7.09. The molecule has 1 aromatic carbocycles. The topological polar surface area (TPSA) is 73.6 Å². The molecule has 0 radical (unpaired) electrons. The highest BCUT2D eigenvalue weighted by Crippen LogP contribution is 2.17. The number of rotatable bonds is 5. The van der Waals surface area contributed by atoms with E-state index in [4.69, 9.17) is 0 Å². The zero-order valence-electron chi connectivity index (χ0n) is 11.9. The van der Waals surface area contributed by atoms with Gasteiger partial charge < -0.3 is 10.3 Å². The highest BCUT2D eigenvalue weighted by atomic mass is 16.1. The number of benzene rings is 1. The molecule has 3 N–H and O–H groups in total. The molecule has 108 valence electrons. The molecule has 2 aromatic heterocycles. The maximum atomic E-state index is 12.2. The highest BCUT2D eigenvalue weighted by molar-refractivity contribution is 6.06. The number of para-hydroxylation sites is 1. The third-order valence-electron chi connectivity index (χ3n) is 3.68. The molecular formula is C16H18N4O. The fourth-order valence-electron chi connectivity index (χ4n) is 2.46. The summed E-state index contributed by atoms with van der Waals surface area (Å²) in [6, 6.07) is 7.81. The van der Waals surface area contributed by atoms with Crippen LogP contribution in [0.25, 0.3) is 10.9 Å². The Hall–Kier alpha value is -2.56. The summed E-state index contributed by atoms with van der Waals surface area (Å²) in [5, 5.41) is 10.8. The molecule has 0 fully saturated rings. The first kappa shape index (κ1) is 13.4. The SMILES string of the molecule is Cc1[nH]ncc1CCCNC(=O)c1c[nH]c2ccccc12. The second kappa shape index (κ2) is 5.83. The summed E-state index contributed by atoms with van der Waals surface area (Å²) in [4.78, 5) is 15.3. The average Bonchev–Trinajstić information content (AvgIpc) is 3.10. The molecule has 3 rings (SSSR count). The molecule has 0 aliphatic rings. The Bertz CT molecular complexity index is 756. The first-order valence-corrected chi connectivity index (χ1v) is 7.09. The van der Waals surface area contributed by atoms with Crippen LogP contribution in [0.15, 0.2) is 36.7 Å². The number of hydrogen-bond acceptors (Lipinski definition) is 2. The van der Waals surface area contributed by atoms with Crippen LogP contribution in [0, 0.1) is 6.92 Å². The Morgan fingerprint density at radius 2 is 2.19 bits per heavy atom. The molecule has 1 amide bonds. The quantitative estimate of drug-likeness (QED) is 0.629. The summed E-state index contributed by atoms with van der Waals surface area (Å²) < 4.78 is 0. The number of amides is 1. The Balaban J connectivity index is 1.56. The summed E-state index contributed by atoms with van der Waals surface area (Å²) >= 11 is 0. The van der Waals surface area contributed by atoms with Crippen LogP contribution >= 0.6 is 0 Å². The van der Waals surface area contributed by atoms with Gasteiger partial charge in [-0.25, -0.2) is 0 Å². The van der Waals surface area contributed by atoms with Gasteiger partial charge in [-0.05, 0) is 31.4 Å². The van der Waals surface area contributed by atoms with E-state index in [-0.39, 0.29) is 5.91 Å². The Labute approximate surface area is 122 Å². The Kier molecular flexibility index (Phi) is 3.73. The summed E-state index contributed by atoms with van der Waals surface area (Å²) in [6.45, 7) is 2.66. The fraction of sp³-hybridized carbons (Fsp3) is 0.250. The lowest BCUT2D eigenvalue weighted by molar-refractivity contribution is 0.0955. The number of carbonyl (C=O) groups excluding carboxylic acids is 1. The molecule has 0 spiro atoms. The van der Waals surface area contributed by atoms with E-state index in [1.807, 2.05) is 37.4 Å². The lowest BCUT2D eigenvalue weighted by atomic mass is 10.1. The van der Waals surface area contributed by atoms with Crippen molar-refractivity contribution in [2.24, 2.45) is 0 Å². The van der Waals surface area contributed by atoms with E-state index in [2.05, 4.69) is 20.5 Å². The van der Waals surface area contributed by atoms with Gasteiger partial charge in [0.05, 0.1) is 11.8 Å². The second-order valence-electron chi connectivity index (χ2n) is 5.13. The van der Waals surface area contributed by atoms with Gasteiger partial charge in [0.25, 0.3) is 5.91 Å². The molecule has 5 heteroatoms. The largest absolute Gasteiger partial charge is 0.360 e. The van der Waals surface area contributed by atoms with Crippen LogP contribution in [0.5, 0.6) is 0 Å². The number of H-pyrrole nitrogens is 2. The predicted molar refractivity (Wildman–Crippen MR) is 82.3 cm³/mol. The number of aromatic nitrogens is 3. The van der Waals surface area contributed by atoms with Crippen molar-refractivity contribution in [3.63, 3.8) is 0 Å². The van der Waals surface area contributed by atoms with Crippen LogP contribution < -0.4 is 5.32 Å². The third-order valence-corrected chi connectivity index (χ3v) is 3.68. The molecule has 0 atom stereocenters. The van der Waals surface area contributed by atoms with Crippen molar-refractivity contribution in [1.29, 1.82) is 0 Å². The zero-order chi connectivity index (χ0) is 14.7. The minimum Gasteiger partial charge on any atom is -0.360 e. The second-order valence-corrected chi connectivity index (χ2v) is 5.13. The van der Waals surface area contributed by atoms with Crippen LogP contribution in [0.1, 0.15) is 28.0 Å². The minimum absolute atomic E-state index is 0.0311. The van der Waals surface area contributed by atoms with Crippen LogP contribution in [0.2, 0.25) is 0 Å². The van der Waals surface area contributed by atoms with E-state index in [1.54, 1.807) is 6.20 Å². The number of hydrogen-bond donors (Lipinski definition) is 3. The van der Waals surface area contributed by atoms with Crippen molar-refractivity contribution in [1.82, 2.24) is 20.5 Å². The first-order chi connectivity index (χ1) is 10.3. The van der Waals surface area contributed by atoms with Gasteiger partial charge in [0.1, 0.15) is 0 Å². The van der Waals surface area contributed by atoms with Crippen LogP contribution in [-0.4, -0.2) is 27.6 Å². The van der Waals surface area contributed by atoms with E-state index in [1.165, 1.54) is 5.56 Å². The molecule has 0 bridgehead atoms. The Morgan fingerprint density at radius 1 is 1.33 bits per heavy atom. The molecule has 0 unspecified atom stereocenters. The predicted octanol–water partition coefficient (Wildman–Crippen LogP) is 2.56. The van der Waals surface area contributed by atoms with E-state index in [0.29, 0.717) is 12.1 Å². The van der Waals surface area contributed by atoms with Crippen molar-refractivity contribution in [2.45, 2.75) is 19.8 Å². The van der Waals surface area contributed by atoms with Gasteiger partial charge in [0.15, 0.2) is 0 Å². The van der Waals surface area contributed by atoms with Crippen molar-refractivity contribution in [3.05, 3.63) is 53.5 Å². The summed E-state index contributed by atoms with van der Waals surface area (Å²) in [5.74, 6) is -0.0311. The van der Waals surface area contributed by atoms with Crippen LogP contribution in [0.3, 0.4) is 0 Å². The van der Waals surface area contributed by atoms with Gasteiger partial charge in [0, 0.05) is 29.3 Å². The van der Waals surface area contributed by atoms with Crippen LogP contribution in [-0.2, 0) is 6.42 Å². The number of fused-ring (bicyclic) bond motifs is 1. The molecule has 0 saturated heterocycles. The fourth-order valence-corrected chi connectivity index (χ4v) is 2.46. The van der Waals surface area contributed by atoms with Gasteiger partial charge in [0.2, 0.25) is 0 Å². The third kappa shape index (κ3) is 2.81. The molecular weight excluding hydrogens is 264 g/mol. The van der Waals surface area contributed by atoms with Gasteiger partial charge in [-0.2, -0.15) is 5.10 Å². The monoisotopic (exact) mass is 282 g/mol. The van der Waals surface area contributed by atoms with E-state index in [9.17, 15) is 4.79 Å². The van der Waals surface area contributed by atoms with E-state index >= 15 is 0 Å². The molecule has 21 heavy (non-hydrogen) atoms.